The predicted octanol–water partition coefficient (Wildman–Crippen LogP) is 1.68. The molecule has 1 aromatic carbocycles. The molecular weight excluding hydrogens is 292 g/mol. The van der Waals surface area contributed by atoms with Crippen LogP contribution in [0.3, 0.4) is 0 Å². The molecule has 0 aromatic heterocycles. The molecule has 1 aliphatic rings. The minimum absolute atomic E-state index is 0.127. The van der Waals surface area contributed by atoms with E-state index >= 15 is 0 Å². The van der Waals surface area contributed by atoms with E-state index in [4.69, 9.17) is 0 Å². The summed E-state index contributed by atoms with van der Waals surface area (Å²) in [6.45, 7) is 3.66. The number of carbonyl (C=O) groups is 1. The summed E-state index contributed by atoms with van der Waals surface area (Å²) in [6, 6.07) is 4.75. The van der Waals surface area contributed by atoms with Crippen molar-refractivity contribution in [1.29, 1.82) is 0 Å². The van der Waals surface area contributed by atoms with Crippen molar-refractivity contribution in [1.82, 2.24) is 4.72 Å². The average molecular weight is 310 g/mol. The lowest BCUT2D eigenvalue weighted by atomic mass is 9.95. The van der Waals surface area contributed by atoms with Crippen LogP contribution < -0.4 is 9.03 Å². The van der Waals surface area contributed by atoms with Crippen LogP contribution in [0.15, 0.2) is 30.6 Å². The Morgan fingerprint density at radius 3 is 2.67 bits per heavy atom. The second kappa shape index (κ2) is 5.77. The maximum absolute atomic E-state index is 11.7. The second-order valence-corrected chi connectivity index (χ2v) is 6.56. The highest BCUT2D eigenvalue weighted by Crippen LogP contribution is 2.32. The third kappa shape index (κ3) is 3.18. The van der Waals surface area contributed by atoms with Gasteiger partial charge in [-0.15, -0.1) is 0 Å². The minimum Gasteiger partial charge on any atom is -0.506 e. The fourth-order valence-electron chi connectivity index (χ4n) is 2.23. The van der Waals surface area contributed by atoms with E-state index in [1.165, 1.54) is 24.5 Å². The summed E-state index contributed by atoms with van der Waals surface area (Å²) in [5.74, 6) is -0.106. The highest BCUT2D eigenvalue weighted by atomic mass is 32.2. The molecule has 1 unspecified atom stereocenters. The normalized spacial score (nSPS) is 17.5. The molecule has 1 aliphatic heterocycles. The van der Waals surface area contributed by atoms with Crippen molar-refractivity contribution in [2.45, 2.75) is 26.7 Å². The third-order valence-corrected chi connectivity index (χ3v) is 4.67. The number of benzene rings is 1. The van der Waals surface area contributed by atoms with Crippen LogP contribution in [-0.2, 0) is 21.4 Å². The summed E-state index contributed by atoms with van der Waals surface area (Å²) >= 11 is 0. The molecule has 1 aromatic rings. The first kappa shape index (κ1) is 15.4. The summed E-state index contributed by atoms with van der Waals surface area (Å²) < 4.78 is 26.6. The van der Waals surface area contributed by atoms with Gasteiger partial charge in [0.05, 0.1) is 5.69 Å². The molecule has 0 radical (unpaired) electrons. The van der Waals surface area contributed by atoms with E-state index in [1.54, 1.807) is 6.07 Å². The van der Waals surface area contributed by atoms with Gasteiger partial charge >= 0.3 is 10.2 Å². The van der Waals surface area contributed by atoms with Crippen LogP contribution in [0.25, 0.3) is 0 Å². The van der Waals surface area contributed by atoms with Crippen molar-refractivity contribution in [3.8, 4) is 5.75 Å². The maximum Gasteiger partial charge on any atom is 0.327 e. The summed E-state index contributed by atoms with van der Waals surface area (Å²) in [6.07, 6.45) is 3.60. The number of nitrogens with one attached hydrogen (secondary N) is 1. The van der Waals surface area contributed by atoms with Gasteiger partial charge in [-0.25, -0.2) is 4.31 Å². The van der Waals surface area contributed by atoms with Crippen molar-refractivity contribution in [2.75, 3.05) is 4.31 Å². The fraction of sp³-hybridized carbons (Fsp3) is 0.357. The molecule has 7 heteroatoms. The molecule has 0 saturated carbocycles. The Labute approximate surface area is 124 Å². The molecule has 0 bridgehead atoms. The van der Waals surface area contributed by atoms with Gasteiger partial charge in [-0.05, 0) is 24.1 Å². The van der Waals surface area contributed by atoms with Gasteiger partial charge in [0.15, 0.2) is 0 Å². The van der Waals surface area contributed by atoms with Crippen molar-refractivity contribution < 1.29 is 18.3 Å². The number of carbonyl (C=O) groups excluding carboxylic acids is 1. The summed E-state index contributed by atoms with van der Waals surface area (Å²) in [5, 5.41) is 10.0. The molecule has 0 saturated heterocycles. The smallest absolute Gasteiger partial charge is 0.327 e. The molecule has 21 heavy (non-hydrogen) atoms. The predicted molar refractivity (Wildman–Crippen MR) is 79.9 cm³/mol. The quantitative estimate of drug-likeness (QED) is 0.866. The number of hydrogen-bond donors (Lipinski definition) is 2. The number of nitrogens with zero attached hydrogens (tertiary/aromatic N) is 1. The van der Waals surface area contributed by atoms with Crippen LogP contribution in [0, 0.1) is 5.92 Å². The van der Waals surface area contributed by atoms with E-state index in [-0.39, 0.29) is 23.1 Å². The first-order valence-electron chi connectivity index (χ1n) is 6.68. The molecule has 2 rings (SSSR count). The highest BCUT2D eigenvalue weighted by molar-refractivity contribution is 7.91. The van der Waals surface area contributed by atoms with E-state index in [0.717, 1.165) is 9.87 Å². The summed E-state index contributed by atoms with van der Waals surface area (Å²) in [5.41, 5.74) is 0.966. The summed E-state index contributed by atoms with van der Waals surface area (Å²) in [4.78, 5) is 11.6. The standard InChI is InChI=1S/C14H18N2O4S/c1-3-13(17)10(2)8-11-4-5-12(14(18)9-11)16-7-6-15-21(16,19)20/h4-7,9-10,15,18H,3,8H2,1-2H3. The lowest BCUT2D eigenvalue weighted by Crippen LogP contribution is -2.28. The number of hydrogen-bond acceptors (Lipinski definition) is 4. The van der Waals surface area contributed by atoms with E-state index < -0.39 is 10.2 Å². The number of Topliss-reactive ketones (excluding diaryl/α,β-unsaturated/α-hetero) is 1. The molecule has 0 spiro atoms. The average Bonchev–Trinajstić information content (AvgIpc) is 2.77. The molecule has 6 nitrogen and oxygen atoms in total. The molecular formula is C14H18N2O4S. The van der Waals surface area contributed by atoms with Crippen molar-refractivity contribution in [3.63, 3.8) is 0 Å². The molecule has 0 aliphatic carbocycles. The Morgan fingerprint density at radius 2 is 2.14 bits per heavy atom. The Kier molecular flexibility index (Phi) is 4.22. The first-order chi connectivity index (χ1) is 9.85. The van der Waals surface area contributed by atoms with Crippen LogP contribution in [0.1, 0.15) is 25.8 Å². The van der Waals surface area contributed by atoms with Gasteiger partial charge in [-0.1, -0.05) is 19.9 Å². The SMILES string of the molecule is CCC(=O)C(C)Cc1ccc(N2C=CNS2(=O)=O)c(O)c1. The lowest BCUT2D eigenvalue weighted by Gasteiger charge is -2.17. The Balaban J connectivity index is 2.22. The van der Waals surface area contributed by atoms with Gasteiger partial charge in [0.2, 0.25) is 0 Å². The monoisotopic (exact) mass is 310 g/mol. The zero-order valence-electron chi connectivity index (χ0n) is 11.9. The van der Waals surface area contributed by atoms with E-state index in [2.05, 4.69) is 4.72 Å². The van der Waals surface area contributed by atoms with Gasteiger partial charge in [0, 0.05) is 24.7 Å². The number of phenolic OH excluding ortho intramolecular Hbond substituents is 1. The fourth-order valence-corrected chi connectivity index (χ4v) is 3.21. The van der Waals surface area contributed by atoms with E-state index in [0.29, 0.717) is 12.8 Å². The number of rotatable bonds is 5. The Bertz CT molecular complexity index is 682. The van der Waals surface area contributed by atoms with Crippen LogP contribution in [0.2, 0.25) is 0 Å². The van der Waals surface area contributed by atoms with Crippen LogP contribution >= 0.6 is 0 Å². The first-order valence-corrected chi connectivity index (χ1v) is 8.12. The van der Waals surface area contributed by atoms with Gasteiger partial charge in [0.1, 0.15) is 11.5 Å². The number of ketones is 1. The minimum atomic E-state index is -3.66. The molecule has 2 N–H and O–H groups in total. The zero-order chi connectivity index (χ0) is 15.6. The number of anilines is 1. The van der Waals surface area contributed by atoms with Crippen LogP contribution in [0.4, 0.5) is 5.69 Å². The summed E-state index contributed by atoms with van der Waals surface area (Å²) in [7, 11) is -3.66. The number of aromatic hydroxyl groups is 1. The molecule has 0 fully saturated rings. The highest BCUT2D eigenvalue weighted by Gasteiger charge is 2.26. The topological polar surface area (TPSA) is 86.7 Å². The van der Waals surface area contributed by atoms with Gasteiger partial charge < -0.3 is 5.11 Å². The van der Waals surface area contributed by atoms with Crippen molar-refractivity contribution in [3.05, 3.63) is 36.2 Å². The maximum atomic E-state index is 11.7. The van der Waals surface area contributed by atoms with Gasteiger partial charge in [-0.2, -0.15) is 8.42 Å². The largest absolute Gasteiger partial charge is 0.506 e. The van der Waals surface area contributed by atoms with Gasteiger partial charge in [-0.3, -0.25) is 9.52 Å². The Hall–Kier alpha value is -2.02. The van der Waals surface area contributed by atoms with Crippen LogP contribution in [-0.4, -0.2) is 19.3 Å². The van der Waals surface area contributed by atoms with Crippen molar-refractivity contribution >= 4 is 21.7 Å². The van der Waals surface area contributed by atoms with E-state index in [9.17, 15) is 18.3 Å². The lowest BCUT2D eigenvalue weighted by molar-refractivity contribution is -0.122. The van der Waals surface area contributed by atoms with Gasteiger partial charge in [0.25, 0.3) is 0 Å². The molecule has 1 heterocycles. The van der Waals surface area contributed by atoms with E-state index in [1.807, 2.05) is 13.8 Å². The van der Waals surface area contributed by atoms with Crippen molar-refractivity contribution in [2.24, 2.45) is 5.92 Å². The number of phenols is 1. The molecule has 0 amide bonds. The van der Waals surface area contributed by atoms with Crippen LogP contribution in [0.5, 0.6) is 5.75 Å². The zero-order valence-corrected chi connectivity index (χ0v) is 12.7. The molecule has 1 atom stereocenters. The Morgan fingerprint density at radius 1 is 1.43 bits per heavy atom. The molecule has 114 valence electrons. The second-order valence-electron chi connectivity index (χ2n) is 4.98. The third-order valence-electron chi connectivity index (χ3n) is 3.40.